The molecule has 1 aliphatic rings. The van der Waals surface area contributed by atoms with Crippen LogP contribution in [0.5, 0.6) is 0 Å². The van der Waals surface area contributed by atoms with Gasteiger partial charge in [-0.15, -0.1) is 0 Å². The zero-order chi connectivity index (χ0) is 9.19. The minimum absolute atomic E-state index is 0.511. The summed E-state index contributed by atoms with van der Waals surface area (Å²) in [5, 5.41) is 0. The van der Waals surface area contributed by atoms with E-state index >= 15 is 0 Å². The smallest absolute Gasteiger partial charge is 0.0136 e. The van der Waals surface area contributed by atoms with Gasteiger partial charge < -0.3 is 0 Å². The van der Waals surface area contributed by atoms with E-state index in [0.29, 0.717) is 5.41 Å². The van der Waals surface area contributed by atoms with E-state index in [-0.39, 0.29) is 0 Å². The van der Waals surface area contributed by atoms with Crippen LogP contribution >= 0.6 is 0 Å². The van der Waals surface area contributed by atoms with Crippen LogP contribution < -0.4 is 0 Å². The van der Waals surface area contributed by atoms with Gasteiger partial charge in [-0.1, -0.05) is 39.3 Å². The van der Waals surface area contributed by atoms with Gasteiger partial charge in [0.2, 0.25) is 0 Å². The highest BCUT2D eigenvalue weighted by molar-refractivity contribution is 5.21. The molecular weight excluding hydrogens is 144 g/mol. The van der Waals surface area contributed by atoms with Crippen molar-refractivity contribution in [3.8, 4) is 0 Å². The fourth-order valence-electron chi connectivity index (χ4n) is 1.86. The average Bonchev–Trinajstić information content (AvgIpc) is 2.61. The Morgan fingerprint density at radius 2 is 2.00 bits per heavy atom. The lowest BCUT2D eigenvalue weighted by molar-refractivity contribution is 0.297. The summed E-state index contributed by atoms with van der Waals surface area (Å²) in [6.45, 7) is 9.38. The van der Waals surface area contributed by atoms with Crippen molar-refractivity contribution < 1.29 is 0 Å². The van der Waals surface area contributed by atoms with Crippen LogP contribution in [0, 0.1) is 11.3 Å². The Hall–Kier alpha value is -0.260. The molecule has 1 aliphatic carbocycles. The van der Waals surface area contributed by atoms with Crippen molar-refractivity contribution in [3.63, 3.8) is 0 Å². The molecule has 0 aromatic rings. The maximum Gasteiger partial charge on any atom is -0.0136 e. The molecule has 1 rings (SSSR count). The molecule has 0 aromatic heterocycles. The molecule has 12 heavy (non-hydrogen) atoms. The molecule has 0 bridgehead atoms. The van der Waals surface area contributed by atoms with Crippen LogP contribution in [0.25, 0.3) is 0 Å². The van der Waals surface area contributed by atoms with E-state index in [2.05, 4.69) is 33.8 Å². The molecule has 1 atom stereocenters. The molecule has 0 heterocycles. The Morgan fingerprint density at radius 3 is 2.42 bits per heavy atom. The topological polar surface area (TPSA) is 0 Å². The van der Waals surface area contributed by atoms with E-state index in [4.69, 9.17) is 0 Å². The van der Waals surface area contributed by atoms with E-state index in [9.17, 15) is 0 Å². The second-order valence-corrected chi connectivity index (χ2v) is 5.48. The van der Waals surface area contributed by atoms with Gasteiger partial charge in [0.1, 0.15) is 0 Å². The Labute approximate surface area is 77.1 Å². The van der Waals surface area contributed by atoms with Gasteiger partial charge in [0.05, 0.1) is 0 Å². The minimum atomic E-state index is 0.511. The SMILES string of the molecule is CC(CCC1=CC1)CC(C)(C)C. The molecular formula is C12H22. The molecule has 0 heteroatoms. The predicted molar refractivity (Wildman–Crippen MR) is 55.2 cm³/mol. The lowest BCUT2D eigenvalue weighted by Gasteiger charge is -2.22. The zero-order valence-corrected chi connectivity index (χ0v) is 8.98. The fourth-order valence-corrected chi connectivity index (χ4v) is 1.86. The van der Waals surface area contributed by atoms with Crippen LogP contribution in [0.15, 0.2) is 11.6 Å². The molecule has 0 aliphatic heterocycles. The van der Waals surface area contributed by atoms with E-state index < -0.39 is 0 Å². The zero-order valence-electron chi connectivity index (χ0n) is 8.98. The van der Waals surface area contributed by atoms with Crippen molar-refractivity contribution in [3.05, 3.63) is 11.6 Å². The molecule has 70 valence electrons. The molecule has 0 saturated heterocycles. The lowest BCUT2D eigenvalue weighted by atomic mass is 9.83. The van der Waals surface area contributed by atoms with Gasteiger partial charge >= 0.3 is 0 Å². The predicted octanol–water partition coefficient (Wildman–Crippen LogP) is 4.17. The molecule has 0 radical (unpaired) electrons. The van der Waals surface area contributed by atoms with Crippen molar-refractivity contribution in [1.82, 2.24) is 0 Å². The fraction of sp³-hybridized carbons (Fsp3) is 0.833. The lowest BCUT2D eigenvalue weighted by Crippen LogP contribution is -2.10. The van der Waals surface area contributed by atoms with Crippen LogP contribution in [0.4, 0.5) is 0 Å². The second-order valence-electron chi connectivity index (χ2n) is 5.48. The molecule has 0 spiro atoms. The van der Waals surface area contributed by atoms with Crippen molar-refractivity contribution >= 4 is 0 Å². The highest BCUT2D eigenvalue weighted by Gasteiger charge is 2.16. The summed E-state index contributed by atoms with van der Waals surface area (Å²) in [5.41, 5.74) is 2.20. The summed E-state index contributed by atoms with van der Waals surface area (Å²) in [4.78, 5) is 0. The minimum Gasteiger partial charge on any atom is -0.0810 e. The first-order valence-electron chi connectivity index (χ1n) is 5.15. The first kappa shape index (κ1) is 9.83. The Kier molecular flexibility index (Phi) is 2.98. The van der Waals surface area contributed by atoms with Gasteiger partial charge in [-0.2, -0.15) is 0 Å². The van der Waals surface area contributed by atoms with E-state index in [1.807, 2.05) is 0 Å². The van der Waals surface area contributed by atoms with Crippen molar-refractivity contribution in [2.75, 3.05) is 0 Å². The third-order valence-corrected chi connectivity index (χ3v) is 2.41. The molecule has 0 saturated carbocycles. The van der Waals surface area contributed by atoms with Gasteiger partial charge in [-0.25, -0.2) is 0 Å². The van der Waals surface area contributed by atoms with Gasteiger partial charge in [0, 0.05) is 0 Å². The molecule has 0 N–H and O–H groups in total. The van der Waals surface area contributed by atoms with Crippen LogP contribution in [-0.4, -0.2) is 0 Å². The highest BCUT2D eigenvalue weighted by atomic mass is 14.2. The Morgan fingerprint density at radius 1 is 1.42 bits per heavy atom. The van der Waals surface area contributed by atoms with Crippen LogP contribution in [0.3, 0.4) is 0 Å². The quantitative estimate of drug-likeness (QED) is 0.550. The number of hydrogen-bond acceptors (Lipinski definition) is 0. The summed E-state index contributed by atoms with van der Waals surface area (Å²) in [7, 11) is 0. The monoisotopic (exact) mass is 166 g/mol. The van der Waals surface area contributed by atoms with Crippen molar-refractivity contribution in [2.45, 2.75) is 53.4 Å². The summed E-state index contributed by atoms with van der Waals surface area (Å²) in [6, 6.07) is 0. The van der Waals surface area contributed by atoms with Gasteiger partial charge in [0.25, 0.3) is 0 Å². The Bertz CT molecular complexity index is 169. The molecule has 0 nitrogen and oxygen atoms in total. The molecule has 0 aromatic carbocycles. The van der Waals surface area contributed by atoms with Gasteiger partial charge in [-0.05, 0) is 37.0 Å². The van der Waals surface area contributed by atoms with Crippen LogP contribution in [0.2, 0.25) is 0 Å². The normalized spacial score (nSPS) is 18.8. The number of allylic oxidation sites excluding steroid dienone is 2. The van der Waals surface area contributed by atoms with Gasteiger partial charge in [0.15, 0.2) is 0 Å². The van der Waals surface area contributed by atoms with Crippen LogP contribution in [-0.2, 0) is 0 Å². The average molecular weight is 166 g/mol. The van der Waals surface area contributed by atoms with E-state index in [0.717, 1.165) is 5.92 Å². The first-order valence-corrected chi connectivity index (χ1v) is 5.15. The summed E-state index contributed by atoms with van der Waals surface area (Å²) in [6.07, 6.45) is 7.77. The maximum atomic E-state index is 2.38. The summed E-state index contributed by atoms with van der Waals surface area (Å²) < 4.78 is 0. The first-order chi connectivity index (χ1) is 5.47. The van der Waals surface area contributed by atoms with Crippen molar-refractivity contribution in [2.24, 2.45) is 11.3 Å². The highest BCUT2D eigenvalue weighted by Crippen LogP contribution is 2.30. The second kappa shape index (κ2) is 3.64. The standard InChI is InChI=1S/C12H22/c1-10(9-12(2,3)4)5-6-11-7-8-11/h7,10H,5-6,8-9H2,1-4H3. The maximum absolute atomic E-state index is 2.38. The molecule has 0 fully saturated rings. The van der Waals surface area contributed by atoms with E-state index in [1.165, 1.54) is 25.7 Å². The number of rotatable bonds is 4. The molecule has 0 amide bonds. The van der Waals surface area contributed by atoms with Crippen LogP contribution in [0.1, 0.15) is 53.4 Å². The largest absolute Gasteiger partial charge is 0.0810 e. The third kappa shape index (κ3) is 4.58. The Balaban J connectivity index is 2.10. The summed E-state index contributed by atoms with van der Waals surface area (Å²) in [5.74, 6) is 0.895. The van der Waals surface area contributed by atoms with Gasteiger partial charge in [-0.3, -0.25) is 0 Å². The third-order valence-electron chi connectivity index (χ3n) is 2.41. The number of hydrogen-bond donors (Lipinski definition) is 0. The molecule has 1 unspecified atom stereocenters. The summed E-state index contributed by atoms with van der Waals surface area (Å²) >= 11 is 0. The van der Waals surface area contributed by atoms with Crippen molar-refractivity contribution in [1.29, 1.82) is 0 Å². The van der Waals surface area contributed by atoms with E-state index in [1.54, 1.807) is 5.57 Å².